The quantitative estimate of drug-likeness (QED) is 0.743. The number of benzene rings is 1. The summed E-state index contributed by atoms with van der Waals surface area (Å²) in [6, 6.07) is 7.05. The van der Waals surface area contributed by atoms with Gasteiger partial charge in [-0.1, -0.05) is 56.8 Å². The Balaban J connectivity index is 2.02. The molecule has 1 aliphatic rings. The third-order valence-electron chi connectivity index (χ3n) is 5.15. The molecule has 1 aliphatic carbocycles. The van der Waals surface area contributed by atoms with Gasteiger partial charge in [-0.3, -0.25) is 0 Å². The van der Waals surface area contributed by atoms with Gasteiger partial charge in [-0.15, -0.1) is 0 Å². The first-order valence-electron chi connectivity index (χ1n) is 8.62. The lowest BCUT2D eigenvalue weighted by atomic mass is 9.76. The molecule has 1 fully saturated rings. The Morgan fingerprint density at radius 1 is 1.19 bits per heavy atom. The van der Waals surface area contributed by atoms with Crippen LogP contribution in [0.5, 0.6) is 0 Å². The smallest absolute Gasteiger partial charge is 0.0441 e. The second kappa shape index (κ2) is 8.19. The molecule has 0 heterocycles. The average molecular weight is 308 g/mol. The van der Waals surface area contributed by atoms with E-state index in [1.165, 1.54) is 43.2 Å². The number of aryl methyl sites for hydroxylation is 1. The van der Waals surface area contributed by atoms with E-state index < -0.39 is 0 Å². The summed E-state index contributed by atoms with van der Waals surface area (Å²) in [7, 11) is 0. The van der Waals surface area contributed by atoms with Crippen molar-refractivity contribution >= 4 is 11.6 Å². The number of nitrogens with one attached hydrogen (secondary N) is 1. The Hall–Kier alpha value is -0.530. The summed E-state index contributed by atoms with van der Waals surface area (Å²) in [6.45, 7) is 7.69. The standard InChI is InChI=1S/C19H30ClN/c1-4-15-7-10-16(11-8-15)19(21-5-2)13-17-9-6-14(3)12-18(17)20/h6,9,12,15-16,19,21H,4-5,7-8,10-11,13H2,1-3H3. The Kier molecular flexibility index (Phi) is 6.57. The fourth-order valence-corrected chi connectivity index (χ4v) is 4.03. The van der Waals surface area contributed by atoms with Crippen LogP contribution in [-0.4, -0.2) is 12.6 Å². The minimum absolute atomic E-state index is 0.577. The lowest BCUT2D eigenvalue weighted by Crippen LogP contribution is -2.39. The van der Waals surface area contributed by atoms with Crippen LogP contribution in [0.15, 0.2) is 18.2 Å². The van der Waals surface area contributed by atoms with E-state index in [9.17, 15) is 0 Å². The molecule has 0 spiro atoms. The van der Waals surface area contributed by atoms with Crippen molar-refractivity contribution in [3.05, 3.63) is 34.3 Å². The molecule has 0 aromatic heterocycles. The van der Waals surface area contributed by atoms with E-state index in [0.717, 1.165) is 29.8 Å². The van der Waals surface area contributed by atoms with Crippen LogP contribution >= 0.6 is 11.6 Å². The highest BCUT2D eigenvalue weighted by Gasteiger charge is 2.27. The van der Waals surface area contributed by atoms with Crippen LogP contribution in [0.3, 0.4) is 0 Å². The van der Waals surface area contributed by atoms with E-state index in [-0.39, 0.29) is 0 Å². The van der Waals surface area contributed by atoms with Crippen molar-refractivity contribution in [3.63, 3.8) is 0 Å². The molecule has 0 amide bonds. The maximum absolute atomic E-state index is 6.43. The molecule has 1 saturated carbocycles. The maximum Gasteiger partial charge on any atom is 0.0441 e. The highest BCUT2D eigenvalue weighted by Crippen LogP contribution is 2.34. The first kappa shape index (κ1) is 16.8. The van der Waals surface area contributed by atoms with Crippen molar-refractivity contribution in [1.82, 2.24) is 5.32 Å². The zero-order valence-electron chi connectivity index (χ0n) is 13.8. The van der Waals surface area contributed by atoms with Crippen molar-refractivity contribution in [2.75, 3.05) is 6.54 Å². The van der Waals surface area contributed by atoms with E-state index in [4.69, 9.17) is 11.6 Å². The molecule has 0 radical (unpaired) electrons. The van der Waals surface area contributed by atoms with Crippen molar-refractivity contribution in [3.8, 4) is 0 Å². The molecule has 1 aromatic rings. The summed E-state index contributed by atoms with van der Waals surface area (Å²) >= 11 is 6.43. The molecule has 1 N–H and O–H groups in total. The fourth-order valence-electron chi connectivity index (χ4n) is 3.72. The number of likely N-dealkylation sites (N-methyl/N-ethyl adjacent to an activating group) is 1. The summed E-state index contributed by atoms with van der Waals surface area (Å²) in [5.41, 5.74) is 2.54. The van der Waals surface area contributed by atoms with Crippen LogP contribution in [0.2, 0.25) is 5.02 Å². The molecule has 2 heteroatoms. The predicted molar refractivity (Wildman–Crippen MR) is 93.1 cm³/mol. The zero-order chi connectivity index (χ0) is 15.2. The highest BCUT2D eigenvalue weighted by atomic mass is 35.5. The van der Waals surface area contributed by atoms with E-state index in [1.54, 1.807) is 0 Å². The van der Waals surface area contributed by atoms with Gasteiger partial charge < -0.3 is 5.32 Å². The summed E-state index contributed by atoms with van der Waals surface area (Å²) in [5.74, 6) is 1.77. The average Bonchev–Trinajstić information content (AvgIpc) is 2.49. The molecule has 1 atom stereocenters. The molecule has 0 aliphatic heterocycles. The molecule has 1 nitrogen and oxygen atoms in total. The van der Waals surface area contributed by atoms with Crippen LogP contribution in [-0.2, 0) is 6.42 Å². The number of halogens is 1. The lowest BCUT2D eigenvalue weighted by Gasteiger charge is -2.34. The van der Waals surface area contributed by atoms with Gasteiger partial charge in [0.05, 0.1) is 0 Å². The van der Waals surface area contributed by atoms with Crippen molar-refractivity contribution < 1.29 is 0 Å². The normalized spacial score (nSPS) is 24.0. The van der Waals surface area contributed by atoms with E-state index >= 15 is 0 Å². The largest absolute Gasteiger partial charge is 0.314 e. The second-order valence-electron chi connectivity index (χ2n) is 6.65. The van der Waals surface area contributed by atoms with Crippen molar-refractivity contribution in [1.29, 1.82) is 0 Å². The lowest BCUT2D eigenvalue weighted by molar-refractivity contribution is 0.218. The third-order valence-corrected chi connectivity index (χ3v) is 5.50. The summed E-state index contributed by atoms with van der Waals surface area (Å²) in [5, 5.41) is 4.65. The summed E-state index contributed by atoms with van der Waals surface area (Å²) in [4.78, 5) is 0. The molecular weight excluding hydrogens is 278 g/mol. The van der Waals surface area contributed by atoms with Gasteiger partial charge in [0.15, 0.2) is 0 Å². The Morgan fingerprint density at radius 3 is 2.48 bits per heavy atom. The molecule has 0 bridgehead atoms. The predicted octanol–water partition coefficient (Wildman–Crippen LogP) is 5.39. The Labute approximate surface area is 135 Å². The molecule has 1 aromatic carbocycles. The monoisotopic (exact) mass is 307 g/mol. The van der Waals surface area contributed by atoms with Crippen molar-refractivity contribution in [2.45, 2.75) is 65.3 Å². The van der Waals surface area contributed by atoms with Crippen LogP contribution < -0.4 is 5.32 Å². The van der Waals surface area contributed by atoms with Gasteiger partial charge in [0.1, 0.15) is 0 Å². The summed E-state index contributed by atoms with van der Waals surface area (Å²) in [6.07, 6.45) is 7.98. The minimum Gasteiger partial charge on any atom is -0.314 e. The van der Waals surface area contributed by atoms with Gasteiger partial charge >= 0.3 is 0 Å². The van der Waals surface area contributed by atoms with Crippen LogP contribution in [0.25, 0.3) is 0 Å². The molecule has 21 heavy (non-hydrogen) atoms. The molecule has 118 valence electrons. The molecule has 1 unspecified atom stereocenters. The Bertz CT molecular complexity index is 435. The van der Waals surface area contributed by atoms with E-state index in [2.05, 4.69) is 44.3 Å². The van der Waals surface area contributed by atoms with Crippen molar-refractivity contribution in [2.24, 2.45) is 11.8 Å². The van der Waals surface area contributed by atoms with Crippen LogP contribution in [0, 0.1) is 18.8 Å². The second-order valence-corrected chi connectivity index (χ2v) is 7.06. The first-order valence-corrected chi connectivity index (χ1v) is 9.00. The first-order chi connectivity index (χ1) is 10.1. The minimum atomic E-state index is 0.577. The van der Waals surface area contributed by atoms with Gasteiger partial charge in [0, 0.05) is 11.1 Å². The van der Waals surface area contributed by atoms with E-state index in [1.807, 2.05) is 0 Å². The molecule has 0 saturated heterocycles. The molecular formula is C19H30ClN. The topological polar surface area (TPSA) is 12.0 Å². The van der Waals surface area contributed by atoms with Gasteiger partial charge in [0.25, 0.3) is 0 Å². The van der Waals surface area contributed by atoms with Gasteiger partial charge in [-0.25, -0.2) is 0 Å². The van der Waals surface area contributed by atoms with Gasteiger partial charge in [-0.2, -0.15) is 0 Å². The Morgan fingerprint density at radius 2 is 1.90 bits per heavy atom. The van der Waals surface area contributed by atoms with Gasteiger partial charge in [0.2, 0.25) is 0 Å². The zero-order valence-corrected chi connectivity index (χ0v) is 14.5. The fraction of sp³-hybridized carbons (Fsp3) is 0.684. The van der Waals surface area contributed by atoms with E-state index in [0.29, 0.717) is 6.04 Å². The van der Waals surface area contributed by atoms with Gasteiger partial charge in [-0.05, 0) is 61.8 Å². The number of hydrogen-bond donors (Lipinski definition) is 1. The summed E-state index contributed by atoms with van der Waals surface area (Å²) < 4.78 is 0. The number of hydrogen-bond acceptors (Lipinski definition) is 1. The van der Waals surface area contributed by atoms with Crippen LogP contribution in [0.4, 0.5) is 0 Å². The third kappa shape index (κ3) is 4.72. The van der Waals surface area contributed by atoms with Crippen LogP contribution in [0.1, 0.15) is 57.1 Å². The highest BCUT2D eigenvalue weighted by molar-refractivity contribution is 6.31. The maximum atomic E-state index is 6.43. The number of rotatable bonds is 6. The molecule has 2 rings (SSSR count). The SMILES string of the molecule is CCNC(Cc1ccc(C)cc1Cl)C1CCC(CC)CC1.